The van der Waals surface area contributed by atoms with E-state index in [2.05, 4.69) is 5.32 Å². The number of aliphatic hydroxyl groups is 1. The van der Waals surface area contributed by atoms with Gasteiger partial charge in [-0.2, -0.15) is 0 Å². The summed E-state index contributed by atoms with van der Waals surface area (Å²) in [6.07, 6.45) is 1.14. The van der Waals surface area contributed by atoms with E-state index < -0.39 is 6.10 Å². The van der Waals surface area contributed by atoms with Gasteiger partial charge in [0.2, 0.25) is 0 Å². The first-order valence-electron chi connectivity index (χ1n) is 5.34. The molecule has 0 aromatic carbocycles. The molecule has 0 aliphatic rings. The third-order valence-corrected chi connectivity index (χ3v) is 3.85. The number of furan rings is 1. The molecular weight excluding hydrogens is 258 g/mol. The Balaban J connectivity index is 1.81. The van der Waals surface area contributed by atoms with Crippen molar-refractivity contribution in [2.24, 2.45) is 0 Å². The van der Waals surface area contributed by atoms with Gasteiger partial charge in [-0.1, -0.05) is 11.6 Å². The summed E-state index contributed by atoms with van der Waals surface area (Å²) in [6.45, 7) is 3.10. The van der Waals surface area contributed by atoms with Crippen LogP contribution >= 0.6 is 22.9 Å². The second-order valence-electron chi connectivity index (χ2n) is 3.82. The van der Waals surface area contributed by atoms with Crippen LogP contribution in [0.1, 0.15) is 22.3 Å². The van der Waals surface area contributed by atoms with Gasteiger partial charge in [-0.3, -0.25) is 0 Å². The highest BCUT2D eigenvalue weighted by Gasteiger charge is 2.10. The molecule has 1 unspecified atom stereocenters. The Morgan fingerprint density at radius 1 is 1.47 bits per heavy atom. The number of halogens is 1. The number of hydrogen-bond donors (Lipinski definition) is 2. The zero-order valence-corrected chi connectivity index (χ0v) is 11.0. The van der Waals surface area contributed by atoms with Crippen molar-refractivity contribution in [2.75, 3.05) is 6.54 Å². The summed E-state index contributed by atoms with van der Waals surface area (Å²) < 4.78 is 5.99. The fraction of sp³-hybridized carbons (Fsp3) is 0.333. The van der Waals surface area contributed by atoms with Crippen molar-refractivity contribution >= 4 is 22.9 Å². The highest BCUT2D eigenvalue weighted by atomic mass is 35.5. The van der Waals surface area contributed by atoms with Gasteiger partial charge in [-0.25, -0.2) is 0 Å². The molecule has 2 aromatic heterocycles. The van der Waals surface area contributed by atoms with Crippen molar-refractivity contribution < 1.29 is 9.52 Å². The van der Waals surface area contributed by atoms with Crippen LogP contribution in [0.4, 0.5) is 0 Å². The molecule has 0 aliphatic heterocycles. The van der Waals surface area contributed by atoms with Crippen LogP contribution < -0.4 is 5.32 Å². The molecule has 0 aliphatic carbocycles. The van der Waals surface area contributed by atoms with E-state index in [1.165, 1.54) is 11.3 Å². The maximum atomic E-state index is 9.89. The van der Waals surface area contributed by atoms with E-state index in [4.69, 9.17) is 16.0 Å². The van der Waals surface area contributed by atoms with Crippen LogP contribution in [-0.2, 0) is 6.54 Å². The van der Waals surface area contributed by atoms with Gasteiger partial charge in [0.05, 0.1) is 17.1 Å². The summed E-state index contributed by atoms with van der Waals surface area (Å²) in [7, 11) is 0. The molecular formula is C12H14ClNO2S. The molecule has 2 rings (SSSR count). The van der Waals surface area contributed by atoms with E-state index >= 15 is 0 Å². The molecule has 2 heterocycles. The molecule has 0 bridgehead atoms. The molecule has 2 aromatic rings. The van der Waals surface area contributed by atoms with Crippen LogP contribution in [0.5, 0.6) is 0 Å². The molecule has 1 atom stereocenters. The van der Waals surface area contributed by atoms with Crippen molar-refractivity contribution in [3.05, 3.63) is 45.0 Å². The lowest BCUT2D eigenvalue weighted by Gasteiger charge is -2.09. The quantitative estimate of drug-likeness (QED) is 0.878. The first-order chi connectivity index (χ1) is 8.16. The molecule has 5 heteroatoms. The number of nitrogens with one attached hydrogen (secondary N) is 1. The first-order valence-corrected chi connectivity index (χ1v) is 6.53. The average Bonchev–Trinajstić information content (AvgIpc) is 2.88. The topological polar surface area (TPSA) is 45.4 Å². The Hall–Kier alpha value is -0.810. The van der Waals surface area contributed by atoms with Gasteiger partial charge >= 0.3 is 0 Å². The molecule has 0 saturated carbocycles. The molecule has 0 saturated heterocycles. The van der Waals surface area contributed by atoms with Crippen LogP contribution in [-0.4, -0.2) is 11.7 Å². The fourth-order valence-electron chi connectivity index (χ4n) is 1.52. The Morgan fingerprint density at radius 3 is 2.88 bits per heavy atom. The van der Waals surface area contributed by atoms with E-state index in [0.717, 1.165) is 16.2 Å². The predicted octanol–water partition coefficient (Wildman–Crippen LogP) is 3.13. The smallest absolute Gasteiger partial charge is 0.120 e. The third kappa shape index (κ3) is 3.33. The van der Waals surface area contributed by atoms with Crippen molar-refractivity contribution in [2.45, 2.75) is 19.6 Å². The average molecular weight is 272 g/mol. The monoisotopic (exact) mass is 271 g/mol. The van der Waals surface area contributed by atoms with Gasteiger partial charge in [0.15, 0.2) is 0 Å². The summed E-state index contributed by atoms with van der Waals surface area (Å²) in [6, 6.07) is 5.56. The summed E-state index contributed by atoms with van der Waals surface area (Å²) >= 11 is 7.21. The maximum Gasteiger partial charge on any atom is 0.120 e. The minimum absolute atomic E-state index is 0.483. The number of aliphatic hydroxyl groups excluding tert-OH is 1. The van der Waals surface area contributed by atoms with Gasteiger partial charge in [-0.15, -0.1) is 11.3 Å². The normalized spacial score (nSPS) is 12.9. The van der Waals surface area contributed by atoms with Gasteiger partial charge in [0, 0.05) is 11.4 Å². The molecule has 0 amide bonds. The van der Waals surface area contributed by atoms with Gasteiger partial charge in [-0.05, 0) is 30.7 Å². The Morgan fingerprint density at radius 2 is 2.29 bits per heavy atom. The van der Waals surface area contributed by atoms with Gasteiger partial charge < -0.3 is 14.8 Å². The van der Waals surface area contributed by atoms with Crippen LogP contribution in [0.2, 0.25) is 4.34 Å². The summed E-state index contributed by atoms with van der Waals surface area (Å²) in [5.74, 6) is 0.904. The number of aryl methyl sites for hydroxylation is 1. The summed E-state index contributed by atoms with van der Waals surface area (Å²) in [4.78, 5) is 0.874. The minimum Gasteiger partial charge on any atom is -0.468 e. The molecule has 0 spiro atoms. The second-order valence-corrected chi connectivity index (χ2v) is 5.56. The molecule has 2 N–H and O–H groups in total. The standard InChI is InChI=1S/C12H14ClNO2S/c1-8-4-5-16-10(8)7-14-6-9(15)11-2-3-12(13)17-11/h2-5,9,14-15H,6-7H2,1H3. The summed E-state index contributed by atoms with van der Waals surface area (Å²) in [5, 5.41) is 13.0. The van der Waals surface area contributed by atoms with E-state index in [9.17, 15) is 5.11 Å². The Labute approximate surface area is 109 Å². The van der Waals surface area contributed by atoms with E-state index in [1.807, 2.05) is 19.1 Å². The predicted molar refractivity (Wildman–Crippen MR) is 69.4 cm³/mol. The first kappa shape index (κ1) is 12.6. The zero-order valence-electron chi connectivity index (χ0n) is 9.44. The van der Waals surface area contributed by atoms with E-state index in [0.29, 0.717) is 17.4 Å². The van der Waals surface area contributed by atoms with Crippen molar-refractivity contribution in [1.82, 2.24) is 5.32 Å². The molecule has 0 radical (unpaired) electrons. The van der Waals surface area contributed by atoms with Crippen LogP contribution in [0, 0.1) is 6.92 Å². The van der Waals surface area contributed by atoms with E-state index in [1.54, 1.807) is 12.3 Å². The minimum atomic E-state index is -0.525. The molecule has 92 valence electrons. The lowest BCUT2D eigenvalue weighted by molar-refractivity contribution is 0.177. The van der Waals surface area contributed by atoms with Crippen molar-refractivity contribution in [3.8, 4) is 0 Å². The lowest BCUT2D eigenvalue weighted by Crippen LogP contribution is -2.20. The summed E-state index contributed by atoms with van der Waals surface area (Å²) in [5.41, 5.74) is 1.12. The molecule has 0 fully saturated rings. The molecule has 3 nitrogen and oxygen atoms in total. The lowest BCUT2D eigenvalue weighted by atomic mass is 10.2. The van der Waals surface area contributed by atoms with Crippen LogP contribution in [0.15, 0.2) is 28.9 Å². The highest BCUT2D eigenvalue weighted by Crippen LogP contribution is 2.26. The van der Waals surface area contributed by atoms with Gasteiger partial charge in [0.25, 0.3) is 0 Å². The number of thiophene rings is 1. The van der Waals surface area contributed by atoms with Crippen molar-refractivity contribution in [3.63, 3.8) is 0 Å². The number of hydrogen-bond acceptors (Lipinski definition) is 4. The second kappa shape index (κ2) is 5.69. The Bertz CT molecular complexity index is 480. The van der Waals surface area contributed by atoms with E-state index in [-0.39, 0.29) is 0 Å². The largest absolute Gasteiger partial charge is 0.468 e. The third-order valence-electron chi connectivity index (χ3n) is 2.51. The highest BCUT2D eigenvalue weighted by molar-refractivity contribution is 7.16. The van der Waals surface area contributed by atoms with Crippen LogP contribution in [0.3, 0.4) is 0 Å². The number of rotatable bonds is 5. The van der Waals surface area contributed by atoms with Crippen molar-refractivity contribution in [1.29, 1.82) is 0 Å². The fourth-order valence-corrected chi connectivity index (χ4v) is 2.56. The zero-order chi connectivity index (χ0) is 12.3. The molecule has 17 heavy (non-hydrogen) atoms. The Kier molecular flexibility index (Phi) is 4.23. The maximum absolute atomic E-state index is 9.89. The van der Waals surface area contributed by atoms with Crippen LogP contribution in [0.25, 0.3) is 0 Å². The van der Waals surface area contributed by atoms with Gasteiger partial charge in [0.1, 0.15) is 11.9 Å². The SMILES string of the molecule is Cc1ccoc1CNCC(O)c1ccc(Cl)s1.